The predicted molar refractivity (Wildman–Crippen MR) is 93.6 cm³/mol. The van der Waals surface area contributed by atoms with Crippen LogP contribution in [0.2, 0.25) is 25.1 Å². The smallest absolute Gasteiger partial charge is 0.159 e. The molecule has 1 aromatic rings. The van der Waals surface area contributed by atoms with Crippen molar-refractivity contribution < 1.29 is 20.1 Å². The van der Waals surface area contributed by atoms with E-state index in [4.69, 9.17) is 73.0 Å². The molecule has 0 aliphatic heterocycles. The maximum Gasteiger partial charge on any atom is 0.159 e. The molecule has 5 nitrogen and oxygen atoms in total. The zero-order valence-electron chi connectivity index (χ0n) is 11.9. The van der Waals surface area contributed by atoms with Crippen LogP contribution in [-0.2, 0) is 0 Å². The van der Waals surface area contributed by atoms with E-state index in [0.717, 1.165) is 0 Å². The molecular formula is C13H16Cl5NO4. The van der Waals surface area contributed by atoms with E-state index in [1.54, 1.807) is 4.90 Å². The Morgan fingerprint density at radius 3 is 1.70 bits per heavy atom. The lowest BCUT2D eigenvalue weighted by molar-refractivity contribution is 0.0553. The molecule has 23 heavy (non-hydrogen) atoms. The monoisotopic (exact) mass is 425 g/mol. The van der Waals surface area contributed by atoms with Gasteiger partial charge in [0, 0.05) is 19.6 Å². The Bertz CT molecular complexity index is 497. The van der Waals surface area contributed by atoms with Crippen LogP contribution >= 0.6 is 58.0 Å². The van der Waals surface area contributed by atoms with Crippen LogP contribution in [0.15, 0.2) is 0 Å². The molecule has 3 N–H and O–H groups in total. The minimum absolute atomic E-state index is 0.000777. The number of rotatable bonds is 9. The highest BCUT2D eigenvalue weighted by Gasteiger charge is 2.21. The zero-order valence-corrected chi connectivity index (χ0v) is 15.7. The van der Waals surface area contributed by atoms with E-state index in [2.05, 4.69) is 0 Å². The topological polar surface area (TPSA) is 73.2 Å². The molecule has 0 heterocycles. The van der Waals surface area contributed by atoms with Crippen LogP contribution < -0.4 is 4.74 Å². The van der Waals surface area contributed by atoms with Crippen LogP contribution in [0.5, 0.6) is 5.75 Å². The van der Waals surface area contributed by atoms with Crippen LogP contribution in [0, 0.1) is 0 Å². The molecule has 0 saturated heterocycles. The summed E-state index contributed by atoms with van der Waals surface area (Å²) in [7, 11) is 0. The van der Waals surface area contributed by atoms with E-state index in [0.29, 0.717) is 13.1 Å². The number of hydrogen-bond donors (Lipinski definition) is 3. The predicted octanol–water partition coefficient (Wildman–Crippen LogP) is 2.98. The van der Waals surface area contributed by atoms with E-state index in [-0.39, 0.29) is 57.2 Å². The molecule has 0 bridgehead atoms. The SMILES string of the molecule is OCCN(CCO)CC(O)COc1c(Cl)c(Cl)c(Cl)c(Cl)c1Cl. The van der Waals surface area contributed by atoms with Gasteiger partial charge in [-0.1, -0.05) is 58.0 Å². The third kappa shape index (κ3) is 5.96. The molecule has 0 fully saturated rings. The standard InChI is InChI=1S/C13H16Cl5NO4/c14-8-9(15)11(17)13(12(18)10(8)16)23-6-7(22)5-19(1-3-20)2-4-21/h7,20-22H,1-6H2. The van der Waals surface area contributed by atoms with Gasteiger partial charge in [0.1, 0.15) is 22.8 Å². The van der Waals surface area contributed by atoms with Gasteiger partial charge >= 0.3 is 0 Å². The van der Waals surface area contributed by atoms with Gasteiger partial charge in [-0.2, -0.15) is 0 Å². The lowest BCUT2D eigenvalue weighted by atomic mass is 10.3. The fraction of sp³-hybridized carbons (Fsp3) is 0.538. The molecule has 1 unspecified atom stereocenters. The normalized spacial score (nSPS) is 12.7. The molecule has 0 radical (unpaired) electrons. The van der Waals surface area contributed by atoms with Crippen molar-refractivity contribution in [2.75, 3.05) is 39.5 Å². The summed E-state index contributed by atoms with van der Waals surface area (Å²) < 4.78 is 5.41. The van der Waals surface area contributed by atoms with Crippen molar-refractivity contribution in [3.8, 4) is 5.75 Å². The highest BCUT2D eigenvalue weighted by molar-refractivity contribution is 6.55. The summed E-state index contributed by atoms with van der Waals surface area (Å²) in [6.07, 6.45) is -0.909. The van der Waals surface area contributed by atoms with Gasteiger partial charge < -0.3 is 20.1 Å². The fourth-order valence-corrected chi connectivity index (χ4v) is 3.05. The third-order valence-electron chi connectivity index (χ3n) is 2.89. The molecule has 0 aliphatic rings. The molecule has 1 aromatic carbocycles. The maximum atomic E-state index is 10.0. The van der Waals surface area contributed by atoms with Crippen molar-refractivity contribution in [3.63, 3.8) is 0 Å². The lowest BCUT2D eigenvalue weighted by Gasteiger charge is -2.24. The van der Waals surface area contributed by atoms with E-state index in [1.165, 1.54) is 0 Å². The molecule has 132 valence electrons. The summed E-state index contributed by atoms with van der Waals surface area (Å²) in [6.45, 7) is 0.503. The van der Waals surface area contributed by atoms with Gasteiger partial charge in [-0.3, -0.25) is 4.90 Å². The second kappa shape index (κ2) is 10.3. The van der Waals surface area contributed by atoms with Crippen molar-refractivity contribution in [3.05, 3.63) is 25.1 Å². The Morgan fingerprint density at radius 1 is 0.826 bits per heavy atom. The highest BCUT2D eigenvalue weighted by Crippen LogP contribution is 2.48. The molecular weight excluding hydrogens is 411 g/mol. The van der Waals surface area contributed by atoms with E-state index >= 15 is 0 Å². The number of benzene rings is 1. The summed E-state index contributed by atoms with van der Waals surface area (Å²) in [5.41, 5.74) is 0. The van der Waals surface area contributed by atoms with Crippen LogP contribution in [0.1, 0.15) is 0 Å². The van der Waals surface area contributed by atoms with Crippen LogP contribution in [0.25, 0.3) is 0 Å². The van der Waals surface area contributed by atoms with Crippen molar-refractivity contribution >= 4 is 58.0 Å². The van der Waals surface area contributed by atoms with Crippen molar-refractivity contribution in [2.45, 2.75) is 6.10 Å². The van der Waals surface area contributed by atoms with Crippen molar-refractivity contribution in [1.82, 2.24) is 4.90 Å². The van der Waals surface area contributed by atoms with Gasteiger partial charge in [0.25, 0.3) is 0 Å². The van der Waals surface area contributed by atoms with Gasteiger partial charge in [0.15, 0.2) is 5.75 Å². The Kier molecular flexibility index (Phi) is 9.59. The summed E-state index contributed by atoms with van der Waals surface area (Å²) in [5, 5.41) is 27.9. The average Bonchev–Trinajstić information content (AvgIpc) is 2.51. The first kappa shape index (κ1) is 21.4. The number of ether oxygens (including phenoxy) is 1. The second-order valence-electron chi connectivity index (χ2n) is 4.61. The highest BCUT2D eigenvalue weighted by atomic mass is 35.5. The van der Waals surface area contributed by atoms with Crippen LogP contribution in [-0.4, -0.2) is 65.8 Å². The first-order valence-electron chi connectivity index (χ1n) is 6.59. The summed E-state index contributed by atoms with van der Waals surface area (Å²) in [5.74, 6) is 0.0302. The van der Waals surface area contributed by atoms with Crippen LogP contribution in [0.4, 0.5) is 0 Å². The number of aliphatic hydroxyl groups is 3. The van der Waals surface area contributed by atoms with E-state index in [9.17, 15) is 5.11 Å². The van der Waals surface area contributed by atoms with Gasteiger partial charge in [-0.15, -0.1) is 0 Å². The Labute approximate surface area is 159 Å². The first-order valence-corrected chi connectivity index (χ1v) is 8.48. The van der Waals surface area contributed by atoms with Gasteiger partial charge in [-0.05, 0) is 0 Å². The molecule has 0 aliphatic carbocycles. The van der Waals surface area contributed by atoms with Gasteiger partial charge in [0.2, 0.25) is 0 Å². The van der Waals surface area contributed by atoms with Crippen LogP contribution in [0.3, 0.4) is 0 Å². The third-order valence-corrected chi connectivity index (χ3v) is 5.13. The number of nitrogens with zero attached hydrogens (tertiary/aromatic N) is 1. The summed E-state index contributed by atoms with van der Waals surface area (Å²) in [6, 6.07) is 0. The molecule has 0 aromatic heterocycles. The molecule has 0 saturated carbocycles. The maximum absolute atomic E-state index is 10.0. The minimum atomic E-state index is -0.909. The molecule has 0 spiro atoms. The fourth-order valence-electron chi connectivity index (χ4n) is 1.82. The second-order valence-corrected chi connectivity index (χ2v) is 6.50. The quantitative estimate of drug-likeness (QED) is 0.417. The minimum Gasteiger partial charge on any atom is -0.488 e. The molecule has 1 rings (SSSR count). The zero-order chi connectivity index (χ0) is 17.6. The lowest BCUT2D eigenvalue weighted by Crippen LogP contribution is -2.38. The average molecular weight is 428 g/mol. The Balaban J connectivity index is 2.74. The summed E-state index contributed by atoms with van der Waals surface area (Å²) in [4.78, 5) is 1.68. The largest absolute Gasteiger partial charge is 0.488 e. The first-order chi connectivity index (χ1) is 10.8. The van der Waals surface area contributed by atoms with Gasteiger partial charge in [0.05, 0.1) is 28.3 Å². The van der Waals surface area contributed by atoms with E-state index in [1.807, 2.05) is 0 Å². The Morgan fingerprint density at radius 2 is 1.26 bits per heavy atom. The van der Waals surface area contributed by atoms with E-state index < -0.39 is 6.10 Å². The molecule has 1 atom stereocenters. The number of halogens is 5. The number of aliphatic hydroxyl groups excluding tert-OH is 3. The summed E-state index contributed by atoms with van der Waals surface area (Å²) >= 11 is 29.8. The molecule has 0 amide bonds. The van der Waals surface area contributed by atoms with Crippen molar-refractivity contribution in [2.24, 2.45) is 0 Å². The molecule has 10 heteroatoms. The Hall–Kier alpha value is 0.310. The number of hydrogen-bond acceptors (Lipinski definition) is 5. The van der Waals surface area contributed by atoms with Gasteiger partial charge in [-0.25, -0.2) is 0 Å². The van der Waals surface area contributed by atoms with Crippen molar-refractivity contribution in [1.29, 1.82) is 0 Å².